The van der Waals surface area contributed by atoms with Crippen molar-refractivity contribution >= 4 is 0 Å². The van der Waals surface area contributed by atoms with E-state index >= 15 is 0 Å². The molecule has 2 heterocycles. The lowest BCUT2D eigenvalue weighted by atomic mass is 9.85. The number of nitrogens with zero attached hydrogens (tertiary/aromatic N) is 3. The Labute approximate surface area is 129 Å². The van der Waals surface area contributed by atoms with E-state index < -0.39 is 0 Å². The first-order valence-corrected chi connectivity index (χ1v) is 8.56. The number of likely N-dealkylation sites (tertiary alicyclic amines) is 1. The Morgan fingerprint density at radius 3 is 2.57 bits per heavy atom. The third kappa shape index (κ3) is 3.49. The van der Waals surface area contributed by atoms with Crippen LogP contribution in [-0.2, 0) is 6.42 Å². The molecule has 0 aromatic carbocycles. The molecule has 1 aromatic rings. The molecule has 21 heavy (non-hydrogen) atoms. The van der Waals surface area contributed by atoms with Crippen molar-refractivity contribution in [2.45, 2.75) is 77.4 Å². The first kappa shape index (κ1) is 16.5. The molecule has 3 unspecified atom stereocenters. The van der Waals surface area contributed by atoms with Crippen molar-refractivity contribution in [3.05, 3.63) is 18.0 Å². The molecule has 4 nitrogen and oxygen atoms in total. The zero-order chi connectivity index (χ0) is 15.5. The molecule has 3 atom stereocenters. The standard InChI is InChI=1S/C17H32N4/c1-5-14(3)21-12-9-15(19-21)13-16(18)17(4,6-2)20-10-7-8-11-20/h9,12,14,16H,5-8,10-11,13,18H2,1-4H3. The van der Waals surface area contributed by atoms with E-state index in [2.05, 4.69) is 49.5 Å². The lowest BCUT2D eigenvalue weighted by molar-refractivity contribution is 0.0994. The zero-order valence-corrected chi connectivity index (χ0v) is 14.2. The van der Waals surface area contributed by atoms with Crippen LogP contribution >= 0.6 is 0 Å². The van der Waals surface area contributed by atoms with Crippen LogP contribution in [0.5, 0.6) is 0 Å². The van der Waals surface area contributed by atoms with Gasteiger partial charge in [-0.1, -0.05) is 13.8 Å². The van der Waals surface area contributed by atoms with E-state index in [9.17, 15) is 0 Å². The van der Waals surface area contributed by atoms with E-state index in [4.69, 9.17) is 10.8 Å². The van der Waals surface area contributed by atoms with E-state index in [1.54, 1.807) is 0 Å². The smallest absolute Gasteiger partial charge is 0.0640 e. The van der Waals surface area contributed by atoms with E-state index in [1.165, 1.54) is 25.9 Å². The molecular weight excluding hydrogens is 260 g/mol. The van der Waals surface area contributed by atoms with Crippen LogP contribution in [0.1, 0.15) is 65.1 Å². The third-order valence-electron chi connectivity index (χ3n) is 5.48. The molecule has 1 aliphatic rings. The highest BCUT2D eigenvalue weighted by Gasteiger charge is 2.37. The summed E-state index contributed by atoms with van der Waals surface area (Å²) < 4.78 is 2.07. The number of hydrogen-bond donors (Lipinski definition) is 1. The second-order valence-electron chi connectivity index (χ2n) is 6.76. The average molecular weight is 292 g/mol. The molecule has 4 heteroatoms. The SMILES string of the molecule is CCC(C)n1ccc(CC(N)C(C)(CC)N2CCCC2)n1. The van der Waals surface area contributed by atoms with Gasteiger partial charge in [-0.05, 0) is 58.7 Å². The van der Waals surface area contributed by atoms with E-state index in [0.717, 1.165) is 25.0 Å². The first-order chi connectivity index (χ1) is 10.0. The summed E-state index contributed by atoms with van der Waals surface area (Å²) in [5, 5.41) is 4.71. The maximum atomic E-state index is 6.60. The predicted molar refractivity (Wildman–Crippen MR) is 88.4 cm³/mol. The van der Waals surface area contributed by atoms with Gasteiger partial charge in [-0.25, -0.2) is 0 Å². The topological polar surface area (TPSA) is 47.1 Å². The summed E-state index contributed by atoms with van der Waals surface area (Å²) in [7, 11) is 0. The summed E-state index contributed by atoms with van der Waals surface area (Å²) >= 11 is 0. The molecule has 1 aliphatic heterocycles. The molecule has 0 radical (unpaired) electrons. The molecule has 2 rings (SSSR count). The second kappa shape index (κ2) is 6.93. The van der Waals surface area contributed by atoms with Gasteiger partial charge in [0.15, 0.2) is 0 Å². The number of nitrogens with two attached hydrogens (primary N) is 1. The van der Waals surface area contributed by atoms with Crippen molar-refractivity contribution in [1.82, 2.24) is 14.7 Å². The Morgan fingerprint density at radius 1 is 1.33 bits per heavy atom. The van der Waals surface area contributed by atoms with Crippen molar-refractivity contribution in [3.63, 3.8) is 0 Å². The van der Waals surface area contributed by atoms with Crippen LogP contribution < -0.4 is 5.73 Å². The monoisotopic (exact) mass is 292 g/mol. The first-order valence-electron chi connectivity index (χ1n) is 8.56. The maximum absolute atomic E-state index is 6.60. The molecule has 0 amide bonds. The molecular formula is C17H32N4. The quantitative estimate of drug-likeness (QED) is 0.840. The fourth-order valence-corrected chi connectivity index (χ4v) is 3.31. The predicted octanol–water partition coefficient (Wildman–Crippen LogP) is 2.99. The van der Waals surface area contributed by atoms with Crippen LogP contribution in [-0.4, -0.2) is 39.4 Å². The Kier molecular flexibility index (Phi) is 5.44. The largest absolute Gasteiger partial charge is 0.326 e. The fraction of sp³-hybridized carbons (Fsp3) is 0.824. The summed E-state index contributed by atoms with van der Waals surface area (Å²) in [6, 6.07) is 2.73. The molecule has 0 saturated carbocycles. The van der Waals surface area contributed by atoms with Gasteiger partial charge in [0.2, 0.25) is 0 Å². The van der Waals surface area contributed by atoms with E-state index in [0.29, 0.717) is 6.04 Å². The van der Waals surface area contributed by atoms with Crippen LogP contribution in [0, 0.1) is 0 Å². The van der Waals surface area contributed by atoms with Gasteiger partial charge in [0.1, 0.15) is 0 Å². The summed E-state index contributed by atoms with van der Waals surface area (Å²) in [6.45, 7) is 11.4. The summed E-state index contributed by atoms with van der Waals surface area (Å²) in [5.74, 6) is 0. The van der Waals surface area contributed by atoms with Crippen molar-refractivity contribution in [2.75, 3.05) is 13.1 Å². The molecule has 0 bridgehead atoms. The van der Waals surface area contributed by atoms with Gasteiger partial charge in [-0.15, -0.1) is 0 Å². The highest BCUT2D eigenvalue weighted by Crippen LogP contribution is 2.28. The van der Waals surface area contributed by atoms with Crippen molar-refractivity contribution in [2.24, 2.45) is 5.73 Å². The maximum Gasteiger partial charge on any atom is 0.0640 e. The van der Waals surface area contributed by atoms with Gasteiger partial charge in [-0.2, -0.15) is 5.10 Å². The molecule has 0 aliphatic carbocycles. The summed E-state index contributed by atoms with van der Waals surface area (Å²) in [6.07, 6.45) is 7.78. The number of rotatable bonds is 7. The lowest BCUT2D eigenvalue weighted by Crippen LogP contribution is -2.57. The lowest BCUT2D eigenvalue weighted by Gasteiger charge is -2.42. The number of hydrogen-bond acceptors (Lipinski definition) is 3. The third-order valence-corrected chi connectivity index (χ3v) is 5.48. The minimum absolute atomic E-state index is 0.0939. The van der Waals surface area contributed by atoms with Crippen LogP contribution in [0.15, 0.2) is 12.3 Å². The average Bonchev–Trinajstić information content (AvgIpc) is 3.17. The number of aromatic nitrogens is 2. The Hall–Kier alpha value is -0.870. The van der Waals surface area contributed by atoms with Crippen LogP contribution in [0.2, 0.25) is 0 Å². The van der Waals surface area contributed by atoms with Gasteiger partial charge in [0.05, 0.1) is 5.69 Å². The summed E-state index contributed by atoms with van der Waals surface area (Å²) in [4.78, 5) is 2.59. The molecule has 0 spiro atoms. The van der Waals surface area contributed by atoms with Crippen LogP contribution in [0.3, 0.4) is 0 Å². The molecule has 120 valence electrons. The van der Waals surface area contributed by atoms with Crippen LogP contribution in [0.25, 0.3) is 0 Å². The Balaban J connectivity index is 2.04. The minimum Gasteiger partial charge on any atom is -0.326 e. The highest BCUT2D eigenvalue weighted by atomic mass is 15.3. The molecule has 1 aromatic heterocycles. The fourth-order valence-electron chi connectivity index (χ4n) is 3.31. The van der Waals surface area contributed by atoms with Gasteiger partial charge >= 0.3 is 0 Å². The van der Waals surface area contributed by atoms with Crippen LogP contribution in [0.4, 0.5) is 0 Å². The van der Waals surface area contributed by atoms with Gasteiger partial charge < -0.3 is 5.73 Å². The van der Waals surface area contributed by atoms with E-state index in [-0.39, 0.29) is 11.6 Å². The van der Waals surface area contributed by atoms with Crippen molar-refractivity contribution in [3.8, 4) is 0 Å². The van der Waals surface area contributed by atoms with E-state index in [1.807, 2.05) is 0 Å². The van der Waals surface area contributed by atoms with Gasteiger partial charge in [0, 0.05) is 30.2 Å². The minimum atomic E-state index is 0.0939. The molecule has 1 saturated heterocycles. The Morgan fingerprint density at radius 2 is 2.00 bits per heavy atom. The van der Waals surface area contributed by atoms with Crippen molar-refractivity contribution in [1.29, 1.82) is 0 Å². The normalized spacial score (nSPS) is 22.1. The zero-order valence-electron chi connectivity index (χ0n) is 14.2. The Bertz CT molecular complexity index is 436. The summed E-state index contributed by atoms with van der Waals surface area (Å²) in [5.41, 5.74) is 7.82. The van der Waals surface area contributed by atoms with Crippen molar-refractivity contribution < 1.29 is 0 Å². The second-order valence-corrected chi connectivity index (χ2v) is 6.76. The molecule has 1 fully saturated rings. The van der Waals surface area contributed by atoms with Gasteiger partial charge in [0.25, 0.3) is 0 Å². The molecule has 2 N–H and O–H groups in total. The van der Waals surface area contributed by atoms with Gasteiger partial charge in [-0.3, -0.25) is 9.58 Å². The highest BCUT2D eigenvalue weighted by molar-refractivity contribution is 5.07.